The summed E-state index contributed by atoms with van der Waals surface area (Å²) in [5.41, 5.74) is -0.425. The highest BCUT2D eigenvalue weighted by atomic mass is 32.2. The average Bonchev–Trinajstić information content (AvgIpc) is 2.54. The van der Waals surface area contributed by atoms with E-state index in [1.807, 2.05) is 0 Å². The Kier molecular flexibility index (Phi) is 5.61. The molecular weight excluding hydrogens is 343 g/mol. The number of alkyl halides is 3. The molecule has 2 aromatic carbocycles. The molecule has 2 aromatic rings. The number of carbonyl (C=O) groups excluding carboxylic acids is 1. The van der Waals surface area contributed by atoms with Crippen LogP contribution in [0.4, 0.5) is 18.9 Å². The van der Waals surface area contributed by atoms with Gasteiger partial charge in [-0.25, -0.2) is 0 Å². The smallest absolute Gasteiger partial charge is 0.416 e. The Morgan fingerprint density at radius 1 is 1.17 bits per heavy atom. The third-order valence-electron chi connectivity index (χ3n) is 3.06. The molecule has 0 aliphatic carbocycles. The second-order valence-electron chi connectivity index (χ2n) is 4.79. The van der Waals surface area contributed by atoms with Gasteiger partial charge in [0.2, 0.25) is 5.91 Å². The van der Waals surface area contributed by atoms with E-state index in [1.54, 1.807) is 24.3 Å². The third kappa shape index (κ3) is 4.82. The maximum atomic E-state index is 12.7. The van der Waals surface area contributed by atoms with E-state index in [2.05, 4.69) is 5.32 Å². The molecule has 24 heavy (non-hydrogen) atoms. The fourth-order valence-corrected chi connectivity index (χ4v) is 2.85. The second-order valence-corrected chi connectivity index (χ2v) is 6.24. The summed E-state index contributed by atoms with van der Waals surface area (Å²) in [5.74, 6) is -0.385. The summed E-state index contributed by atoms with van der Waals surface area (Å²) in [4.78, 5) is 11.8. The molecule has 0 aliphatic rings. The first-order valence-electron chi connectivity index (χ1n) is 6.79. The van der Waals surface area contributed by atoms with Crippen molar-refractivity contribution in [2.75, 3.05) is 18.2 Å². The van der Waals surface area contributed by atoms with Crippen LogP contribution in [0.3, 0.4) is 0 Å². The molecule has 1 N–H and O–H groups in total. The van der Waals surface area contributed by atoms with E-state index in [4.69, 9.17) is 4.74 Å². The predicted octanol–water partition coefficient (Wildman–Crippen LogP) is 3.46. The molecule has 0 saturated carbocycles. The van der Waals surface area contributed by atoms with Crippen molar-refractivity contribution < 1.29 is 26.9 Å². The van der Waals surface area contributed by atoms with Gasteiger partial charge in [-0.2, -0.15) is 13.2 Å². The lowest BCUT2D eigenvalue weighted by Gasteiger charge is -2.09. The summed E-state index contributed by atoms with van der Waals surface area (Å²) < 4.78 is 55.0. The zero-order valence-corrected chi connectivity index (χ0v) is 13.4. The van der Waals surface area contributed by atoms with Crippen molar-refractivity contribution in [1.29, 1.82) is 0 Å². The fourth-order valence-electron chi connectivity index (χ4n) is 1.89. The van der Waals surface area contributed by atoms with Crippen LogP contribution in [0.15, 0.2) is 53.4 Å². The summed E-state index contributed by atoms with van der Waals surface area (Å²) >= 11 is 0. The van der Waals surface area contributed by atoms with Gasteiger partial charge in [0.25, 0.3) is 0 Å². The lowest BCUT2D eigenvalue weighted by atomic mass is 10.2. The highest BCUT2D eigenvalue weighted by molar-refractivity contribution is 7.85. The maximum Gasteiger partial charge on any atom is 0.416 e. The van der Waals surface area contributed by atoms with Crippen LogP contribution in [-0.2, 0) is 21.8 Å². The standard InChI is InChI=1S/C16H14F3NO3S/c1-23-13-7-5-12(6-8-13)20-15(21)10-24(22)14-4-2-3-11(9-14)16(17,18)19/h2-9H,10H2,1H3,(H,20,21)/t24-/m1/s1. The SMILES string of the molecule is COc1ccc(NC(=O)C[S@@](=O)c2cccc(C(F)(F)F)c2)cc1. The van der Waals surface area contributed by atoms with Crippen molar-refractivity contribution >= 4 is 22.4 Å². The van der Waals surface area contributed by atoms with Crippen LogP contribution in [0.5, 0.6) is 5.75 Å². The zero-order chi connectivity index (χ0) is 17.7. The van der Waals surface area contributed by atoms with Crippen molar-refractivity contribution in [1.82, 2.24) is 0 Å². The summed E-state index contributed by atoms with van der Waals surface area (Å²) in [6.45, 7) is 0. The molecule has 0 saturated heterocycles. The number of ether oxygens (including phenoxy) is 1. The molecule has 4 nitrogen and oxygen atoms in total. The Hall–Kier alpha value is -2.35. The van der Waals surface area contributed by atoms with Crippen LogP contribution in [0.2, 0.25) is 0 Å². The molecule has 0 aromatic heterocycles. The van der Waals surface area contributed by atoms with Crippen molar-refractivity contribution in [2.24, 2.45) is 0 Å². The van der Waals surface area contributed by atoms with Crippen molar-refractivity contribution in [3.05, 3.63) is 54.1 Å². The van der Waals surface area contributed by atoms with E-state index in [0.717, 1.165) is 18.2 Å². The normalized spacial score (nSPS) is 12.5. The topological polar surface area (TPSA) is 55.4 Å². The lowest BCUT2D eigenvalue weighted by Crippen LogP contribution is -2.19. The van der Waals surface area contributed by atoms with E-state index in [1.165, 1.54) is 13.2 Å². The number of rotatable bonds is 5. The van der Waals surface area contributed by atoms with E-state index in [-0.39, 0.29) is 4.90 Å². The summed E-state index contributed by atoms with van der Waals surface area (Å²) in [5, 5.41) is 2.53. The van der Waals surface area contributed by atoms with Gasteiger partial charge in [0.15, 0.2) is 0 Å². The quantitative estimate of drug-likeness (QED) is 0.892. The molecule has 0 fully saturated rings. The number of hydrogen-bond donors (Lipinski definition) is 1. The Labute approximate surface area is 139 Å². The minimum Gasteiger partial charge on any atom is -0.497 e. The van der Waals surface area contributed by atoms with Gasteiger partial charge in [0, 0.05) is 10.6 Å². The van der Waals surface area contributed by atoms with Crippen molar-refractivity contribution in [3.8, 4) is 5.75 Å². The van der Waals surface area contributed by atoms with Gasteiger partial charge in [0.05, 0.1) is 23.5 Å². The Bertz CT molecular complexity index is 745. The molecular formula is C16H14F3NO3S. The van der Waals surface area contributed by atoms with Crippen molar-refractivity contribution in [2.45, 2.75) is 11.1 Å². The second kappa shape index (κ2) is 7.48. The van der Waals surface area contributed by atoms with Gasteiger partial charge >= 0.3 is 6.18 Å². The van der Waals surface area contributed by atoms with Crippen LogP contribution in [0.1, 0.15) is 5.56 Å². The Balaban J connectivity index is 2.02. The minimum atomic E-state index is -4.52. The average molecular weight is 357 g/mol. The molecule has 8 heteroatoms. The number of nitrogens with one attached hydrogen (secondary N) is 1. The van der Waals surface area contributed by atoms with E-state index in [0.29, 0.717) is 11.4 Å². The van der Waals surface area contributed by atoms with Gasteiger partial charge in [-0.15, -0.1) is 0 Å². The molecule has 0 heterocycles. The van der Waals surface area contributed by atoms with E-state index >= 15 is 0 Å². The number of hydrogen-bond acceptors (Lipinski definition) is 3. The number of amides is 1. The number of anilines is 1. The van der Waals surface area contributed by atoms with Gasteiger partial charge in [0.1, 0.15) is 11.5 Å². The monoisotopic (exact) mass is 357 g/mol. The van der Waals surface area contributed by atoms with Gasteiger partial charge in [-0.3, -0.25) is 9.00 Å². The van der Waals surface area contributed by atoms with Crippen LogP contribution >= 0.6 is 0 Å². The van der Waals surface area contributed by atoms with E-state index < -0.39 is 34.2 Å². The number of carbonyl (C=O) groups is 1. The first-order chi connectivity index (χ1) is 11.3. The van der Waals surface area contributed by atoms with Crippen LogP contribution < -0.4 is 10.1 Å². The van der Waals surface area contributed by atoms with Gasteiger partial charge in [-0.1, -0.05) is 6.07 Å². The number of benzene rings is 2. The van der Waals surface area contributed by atoms with Crippen LogP contribution in [0.25, 0.3) is 0 Å². The van der Waals surface area contributed by atoms with Crippen molar-refractivity contribution in [3.63, 3.8) is 0 Å². The molecule has 1 atom stereocenters. The highest BCUT2D eigenvalue weighted by Gasteiger charge is 2.30. The summed E-state index contributed by atoms with van der Waals surface area (Å²) in [7, 11) is -0.369. The molecule has 0 spiro atoms. The zero-order valence-electron chi connectivity index (χ0n) is 12.6. The molecule has 2 rings (SSSR count). The molecule has 1 amide bonds. The van der Waals surface area contributed by atoms with Gasteiger partial charge < -0.3 is 10.1 Å². The highest BCUT2D eigenvalue weighted by Crippen LogP contribution is 2.30. The molecule has 0 radical (unpaired) electrons. The number of methoxy groups -OCH3 is 1. The Morgan fingerprint density at radius 3 is 2.42 bits per heavy atom. The molecule has 0 unspecified atom stereocenters. The summed E-state index contributed by atoms with van der Waals surface area (Å²) in [6.07, 6.45) is -4.52. The van der Waals surface area contributed by atoms with E-state index in [9.17, 15) is 22.2 Å². The number of halogens is 3. The first kappa shape index (κ1) is 18.0. The fraction of sp³-hybridized carbons (Fsp3) is 0.188. The largest absolute Gasteiger partial charge is 0.497 e. The molecule has 128 valence electrons. The maximum absolute atomic E-state index is 12.7. The first-order valence-corrected chi connectivity index (χ1v) is 8.11. The third-order valence-corrected chi connectivity index (χ3v) is 4.36. The summed E-state index contributed by atoms with van der Waals surface area (Å²) in [6, 6.07) is 10.6. The Morgan fingerprint density at radius 2 is 1.83 bits per heavy atom. The van der Waals surface area contributed by atoms with Crippen LogP contribution in [-0.4, -0.2) is 23.0 Å². The lowest BCUT2D eigenvalue weighted by molar-refractivity contribution is -0.137. The van der Waals surface area contributed by atoms with Crippen LogP contribution in [0, 0.1) is 0 Å². The predicted molar refractivity (Wildman–Crippen MR) is 84.3 cm³/mol. The van der Waals surface area contributed by atoms with Gasteiger partial charge in [-0.05, 0) is 42.5 Å². The molecule has 0 bridgehead atoms. The molecule has 0 aliphatic heterocycles. The minimum absolute atomic E-state index is 0.0466.